The van der Waals surface area contributed by atoms with E-state index in [-0.39, 0.29) is 24.0 Å². The van der Waals surface area contributed by atoms with Crippen LogP contribution >= 0.6 is 24.0 Å². The topological polar surface area (TPSA) is 60.1 Å². The average Bonchev–Trinajstić information content (AvgIpc) is 2.53. The van der Waals surface area contributed by atoms with Crippen LogP contribution in [0, 0.1) is 0 Å². The third-order valence-electron chi connectivity index (χ3n) is 3.59. The zero-order valence-electron chi connectivity index (χ0n) is 12.7. The Hall–Kier alpha value is -1.18. The van der Waals surface area contributed by atoms with E-state index in [1.165, 1.54) is 19.3 Å². The molecule has 1 aliphatic rings. The molecule has 1 heterocycles. The average molecular weight is 405 g/mol. The Kier molecular flexibility index (Phi) is 7.63. The Morgan fingerprint density at radius 3 is 2.52 bits per heavy atom. The zero-order chi connectivity index (χ0) is 14.4. The molecule has 1 aromatic carbocycles. The number of rotatable bonds is 4. The summed E-state index contributed by atoms with van der Waals surface area (Å²) in [7, 11) is 3.29. The number of hydrogen-bond donors (Lipinski definition) is 1. The normalized spacial score (nSPS) is 15.3. The number of halogens is 1. The molecule has 6 heteroatoms. The summed E-state index contributed by atoms with van der Waals surface area (Å²) in [5, 5.41) is 0. The summed E-state index contributed by atoms with van der Waals surface area (Å²) in [6.07, 6.45) is 3.68. The molecule has 0 amide bonds. The number of likely N-dealkylation sites (tertiary alicyclic amines) is 1. The van der Waals surface area contributed by atoms with E-state index in [1.54, 1.807) is 14.2 Å². The van der Waals surface area contributed by atoms with Gasteiger partial charge in [-0.05, 0) is 31.4 Å². The lowest BCUT2D eigenvalue weighted by Crippen LogP contribution is -2.40. The van der Waals surface area contributed by atoms with Crippen LogP contribution < -0.4 is 15.2 Å². The second-order valence-corrected chi connectivity index (χ2v) is 4.90. The van der Waals surface area contributed by atoms with Gasteiger partial charge < -0.3 is 20.1 Å². The summed E-state index contributed by atoms with van der Waals surface area (Å²) in [6.45, 7) is 2.54. The fraction of sp³-hybridized carbons (Fsp3) is 0.533. The molecule has 0 unspecified atom stereocenters. The maximum Gasteiger partial charge on any atom is 0.191 e. The largest absolute Gasteiger partial charge is 0.497 e. The first kappa shape index (κ1) is 17.9. The summed E-state index contributed by atoms with van der Waals surface area (Å²) in [5.74, 6) is 2.18. The van der Waals surface area contributed by atoms with Gasteiger partial charge in [-0.3, -0.25) is 0 Å². The van der Waals surface area contributed by atoms with Gasteiger partial charge in [0.25, 0.3) is 0 Å². The van der Waals surface area contributed by atoms with Crippen molar-refractivity contribution in [2.45, 2.75) is 25.8 Å². The van der Waals surface area contributed by atoms with Gasteiger partial charge in [-0.1, -0.05) is 0 Å². The van der Waals surface area contributed by atoms with Crippen LogP contribution in [0.15, 0.2) is 23.2 Å². The summed E-state index contributed by atoms with van der Waals surface area (Å²) >= 11 is 0. The van der Waals surface area contributed by atoms with E-state index >= 15 is 0 Å². The number of nitrogens with zero attached hydrogens (tertiary/aromatic N) is 2. The van der Waals surface area contributed by atoms with Crippen LogP contribution in [0.3, 0.4) is 0 Å². The number of ether oxygens (including phenoxy) is 2. The molecule has 0 bridgehead atoms. The lowest BCUT2D eigenvalue weighted by Gasteiger charge is -2.27. The van der Waals surface area contributed by atoms with Crippen LogP contribution in [0.5, 0.6) is 11.5 Å². The number of benzene rings is 1. The van der Waals surface area contributed by atoms with Crippen molar-refractivity contribution in [2.24, 2.45) is 10.7 Å². The van der Waals surface area contributed by atoms with Crippen molar-refractivity contribution in [3.8, 4) is 11.5 Å². The lowest BCUT2D eigenvalue weighted by atomic mass is 10.1. The molecule has 2 rings (SSSR count). The molecule has 1 aromatic rings. The molecular weight excluding hydrogens is 381 g/mol. The number of hydrogen-bond acceptors (Lipinski definition) is 3. The van der Waals surface area contributed by atoms with Crippen molar-refractivity contribution < 1.29 is 9.47 Å². The summed E-state index contributed by atoms with van der Waals surface area (Å²) < 4.78 is 10.5. The Bertz CT molecular complexity index is 474. The summed E-state index contributed by atoms with van der Waals surface area (Å²) in [4.78, 5) is 6.63. The number of aliphatic imine (C=N–C) groups is 1. The number of methoxy groups -OCH3 is 2. The first-order valence-electron chi connectivity index (χ1n) is 7.00. The van der Waals surface area contributed by atoms with Crippen molar-refractivity contribution >= 4 is 29.9 Å². The Morgan fingerprint density at radius 1 is 1.19 bits per heavy atom. The molecule has 0 spiro atoms. The zero-order valence-corrected chi connectivity index (χ0v) is 15.0. The minimum absolute atomic E-state index is 0. The second-order valence-electron chi connectivity index (χ2n) is 4.90. The van der Waals surface area contributed by atoms with Crippen LogP contribution in [-0.2, 0) is 6.54 Å². The first-order valence-corrected chi connectivity index (χ1v) is 7.00. The first-order chi connectivity index (χ1) is 9.74. The van der Waals surface area contributed by atoms with Crippen LogP contribution in [0.1, 0.15) is 24.8 Å². The predicted octanol–water partition coefficient (Wildman–Crippen LogP) is 2.62. The van der Waals surface area contributed by atoms with Crippen molar-refractivity contribution in [3.05, 3.63) is 23.8 Å². The number of piperidine rings is 1. The van der Waals surface area contributed by atoms with Crippen molar-refractivity contribution in [3.63, 3.8) is 0 Å². The van der Waals surface area contributed by atoms with Crippen molar-refractivity contribution in [1.29, 1.82) is 0 Å². The highest BCUT2D eigenvalue weighted by atomic mass is 127. The Balaban J connectivity index is 0.00000220. The number of guanidine groups is 1. The maximum absolute atomic E-state index is 6.05. The highest BCUT2D eigenvalue weighted by Crippen LogP contribution is 2.25. The minimum atomic E-state index is 0. The van der Waals surface area contributed by atoms with Gasteiger partial charge in [0, 0.05) is 24.7 Å². The molecule has 1 fully saturated rings. The third kappa shape index (κ3) is 4.94. The highest BCUT2D eigenvalue weighted by Gasteiger charge is 2.12. The molecule has 0 aliphatic carbocycles. The van der Waals surface area contributed by atoms with E-state index < -0.39 is 0 Å². The van der Waals surface area contributed by atoms with Crippen LogP contribution in [-0.4, -0.2) is 38.2 Å². The predicted molar refractivity (Wildman–Crippen MR) is 95.7 cm³/mol. The van der Waals surface area contributed by atoms with Crippen LogP contribution in [0.25, 0.3) is 0 Å². The monoisotopic (exact) mass is 405 g/mol. The minimum Gasteiger partial charge on any atom is -0.497 e. The van der Waals surface area contributed by atoms with E-state index in [1.807, 2.05) is 18.2 Å². The van der Waals surface area contributed by atoms with Gasteiger partial charge >= 0.3 is 0 Å². The van der Waals surface area contributed by atoms with Gasteiger partial charge in [-0.25, -0.2) is 4.99 Å². The Labute approximate surface area is 143 Å². The van der Waals surface area contributed by atoms with Gasteiger partial charge in [0.15, 0.2) is 5.96 Å². The van der Waals surface area contributed by atoms with Gasteiger partial charge in [0.1, 0.15) is 11.5 Å². The standard InChI is InChI=1S/C15H23N3O2.HI/c1-19-13-7-6-12(14(10-13)20-2)11-17-15(16)18-8-4-3-5-9-18;/h6-7,10H,3-5,8-9,11H2,1-2H3,(H2,16,17);1H. The van der Waals surface area contributed by atoms with Gasteiger partial charge in [-0.15, -0.1) is 24.0 Å². The molecule has 5 nitrogen and oxygen atoms in total. The van der Waals surface area contributed by atoms with E-state index in [9.17, 15) is 0 Å². The van der Waals surface area contributed by atoms with E-state index in [2.05, 4.69) is 9.89 Å². The fourth-order valence-corrected chi connectivity index (χ4v) is 2.37. The van der Waals surface area contributed by atoms with Gasteiger partial charge in [0.05, 0.1) is 20.8 Å². The Morgan fingerprint density at radius 2 is 1.90 bits per heavy atom. The molecule has 0 saturated carbocycles. The molecular formula is C15H24IN3O2. The molecule has 118 valence electrons. The molecule has 0 radical (unpaired) electrons. The highest BCUT2D eigenvalue weighted by molar-refractivity contribution is 14.0. The SMILES string of the molecule is COc1ccc(CN=C(N)N2CCCCC2)c(OC)c1.I. The quantitative estimate of drug-likeness (QED) is 0.476. The van der Waals surface area contributed by atoms with E-state index in [4.69, 9.17) is 15.2 Å². The fourth-order valence-electron chi connectivity index (χ4n) is 2.37. The van der Waals surface area contributed by atoms with E-state index in [0.717, 1.165) is 30.2 Å². The van der Waals surface area contributed by atoms with Crippen molar-refractivity contribution in [1.82, 2.24) is 4.90 Å². The summed E-state index contributed by atoms with van der Waals surface area (Å²) in [6, 6.07) is 5.73. The maximum atomic E-state index is 6.05. The van der Waals surface area contributed by atoms with E-state index in [0.29, 0.717) is 12.5 Å². The molecule has 2 N–H and O–H groups in total. The summed E-state index contributed by atoms with van der Waals surface area (Å²) in [5.41, 5.74) is 7.06. The molecule has 0 atom stereocenters. The van der Waals surface area contributed by atoms with Gasteiger partial charge in [-0.2, -0.15) is 0 Å². The van der Waals surface area contributed by atoms with Crippen molar-refractivity contribution in [2.75, 3.05) is 27.3 Å². The number of nitrogens with two attached hydrogens (primary N) is 1. The second kappa shape index (κ2) is 8.96. The molecule has 1 aliphatic heterocycles. The lowest BCUT2D eigenvalue weighted by molar-refractivity contribution is 0.338. The molecule has 1 saturated heterocycles. The van der Waals surface area contributed by atoms with Gasteiger partial charge in [0.2, 0.25) is 0 Å². The third-order valence-corrected chi connectivity index (χ3v) is 3.59. The molecule has 21 heavy (non-hydrogen) atoms. The molecule has 0 aromatic heterocycles. The van der Waals surface area contributed by atoms with Crippen LogP contribution in [0.4, 0.5) is 0 Å². The van der Waals surface area contributed by atoms with Crippen LogP contribution in [0.2, 0.25) is 0 Å². The smallest absolute Gasteiger partial charge is 0.191 e.